The Morgan fingerprint density at radius 3 is 2.46 bits per heavy atom. The monoisotopic (exact) mass is 356 g/mol. The average molecular weight is 356 g/mol. The van der Waals surface area contributed by atoms with Crippen LogP contribution >= 0.6 is 0 Å². The number of nitrogens with one attached hydrogen (secondary N) is 2. The van der Waals surface area contributed by atoms with Gasteiger partial charge in [-0.15, -0.1) is 0 Å². The molecule has 2 rings (SSSR count). The van der Waals surface area contributed by atoms with Crippen LogP contribution in [0.1, 0.15) is 22.8 Å². The van der Waals surface area contributed by atoms with Gasteiger partial charge in [0, 0.05) is 18.8 Å². The minimum absolute atomic E-state index is 0.0520. The third-order valence-electron chi connectivity index (χ3n) is 3.78. The molecule has 0 unspecified atom stereocenters. The summed E-state index contributed by atoms with van der Waals surface area (Å²) in [5.74, 6) is -0.924. The highest BCUT2D eigenvalue weighted by molar-refractivity contribution is 5.97. The van der Waals surface area contributed by atoms with Gasteiger partial charge in [-0.25, -0.2) is 4.79 Å². The van der Waals surface area contributed by atoms with Gasteiger partial charge in [-0.3, -0.25) is 4.79 Å². The van der Waals surface area contributed by atoms with Crippen molar-refractivity contribution in [1.82, 2.24) is 5.32 Å². The van der Waals surface area contributed by atoms with E-state index in [1.807, 2.05) is 30.3 Å². The molecule has 0 bridgehead atoms. The lowest BCUT2D eigenvalue weighted by atomic mass is 10.1. The van der Waals surface area contributed by atoms with E-state index in [2.05, 4.69) is 10.6 Å². The number of anilines is 1. The van der Waals surface area contributed by atoms with Crippen molar-refractivity contribution in [2.75, 3.05) is 25.0 Å². The molecule has 0 aromatic heterocycles. The topological polar surface area (TPSA) is 87.7 Å². The lowest BCUT2D eigenvalue weighted by Gasteiger charge is -2.15. The molecule has 1 atom stereocenters. The van der Waals surface area contributed by atoms with E-state index >= 15 is 0 Å². The largest absolute Gasteiger partial charge is 0.449 e. The van der Waals surface area contributed by atoms with E-state index in [1.165, 1.54) is 0 Å². The van der Waals surface area contributed by atoms with Crippen LogP contribution in [0.4, 0.5) is 5.69 Å². The summed E-state index contributed by atoms with van der Waals surface area (Å²) < 4.78 is 5.27. The summed E-state index contributed by atoms with van der Waals surface area (Å²) in [6, 6.07) is 16.6. The van der Waals surface area contributed by atoms with Gasteiger partial charge in [0.1, 0.15) is 0 Å². The van der Waals surface area contributed by atoms with Crippen molar-refractivity contribution in [3.8, 4) is 0 Å². The van der Waals surface area contributed by atoms with Crippen LogP contribution in [0.2, 0.25) is 0 Å². The van der Waals surface area contributed by atoms with Crippen LogP contribution in [0.3, 0.4) is 0 Å². The Morgan fingerprint density at radius 1 is 1.04 bits per heavy atom. The van der Waals surface area contributed by atoms with Crippen LogP contribution in [-0.4, -0.2) is 42.8 Å². The summed E-state index contributed by atoms with van der Waals surface area (Å²) in [6.07, 6.45) is -0.189. The van der Waals surface area contributed by atoms with Crippen LogP contribution in [0.5, 0.6) is 0 Å². The maximum Gasteiger partial charge on any atom is 0.341 e. The van der Waals surface area contributed by atoms with E-state index < -0.39 is 12.1 Å². The molecule has 3 N–H and O–H groups in total. The first-order valence-electron chi connectivity index (χ1n) is 8.58. The molecule has 1 amide bonds. The number of rotatable bonds is 9. The van der Waals surface area contributed by atoms with Crippen molar-refractivity contribution in [1.29, 1.82) is 0 Å². The van der Waals surface area contributed by atoms with Gasteiger partial charge in [0.15, 0.2) is 6.10 Å². The summed E-state index contributed by atoms with van der Waals surface area (Å²) >= 11 is 0. The summed E-state index contributed by atoms with van der Waals surface area (Å²) in [5, 5.41) is 14.6. The normalized spacial score (nSPS) is 11.5. The van der Waals surface area contributed by atoms with Crippen molar-refractivity contribution in [3.05, 3.63) is 65.7 Å². The van der Waals surface area contributed by atoms with Gasteiger partial charge in [0.05, 0.1) is 12.2 Å². The number of hydrogen-bond acceptors (Lipinski definition) is 5. The zero-order valence-electron chi connectivity index (χ0n) is 14.8. The van der Waals surface area contributed by atoms with Gasteiger partial charge in [-0.05, 0) is 31.0 Å². The number of benzene rings is 2. The van der Waals surface area contributed by atoms with Crippen LogP contribution in [-0.2, 0) is 16.0 Å². The predicted octanol–water partition coefficient (Wildman–Crippen LogP) is 1.99. The highest BCUT2D eigenvalue weighted by atomic mass is 16.5. The van der Waals surface area contributed by atoms with Crippen molar-refractivity contribution in [3.63, 3.8) is 0 Å². The number of carbonyl (C=O) groups excluding carboxylic acids is 2. The molecule has 0 heterocycles. The average Bonchev–Trinajstić information content (AvgIpc) is 2.67. The summed E-state index contributed by atoms with van der Waals surface area (Å²) in [4.78, 5) is 24.5. The summed E-state index contributed by atoms with van der Waals surface area (Å²) in [5.41, 5.74) is 2.01. The SMILES string of the molecule is C[C@H](OC(=O)c1ccccc1NCCO)C(=O)NCCc1ccccc1. The van der Waals surface area contributed by atoms with Gasteiger partial charge in [-0.1, -0.05) is 42.5 Å². The molecule has 0 radical (unpaired) electrons. The maximum absolute atomic E-state index is 12.3. The molecular formula is C20H24N2O4. The molecule has 0 saturated carbocycles. The number of para-hydroxylation sites is 1. The Hall–Kier alpha value is -2.86. The van der Waals surface area contributed by atoms with E-state index in [1.54, 1.807) is 31.2 Å². The first-order valence-corrected chi connectivity index (χ1v) is 8.58. The minimum Gasteiger partial charge on any atom is -0.449 e. The molecule has 0 saturated heterocycles. The number of ether oxygens (including phenoxy) is 1. The van der Waals surface area contributed by atoms with Crippen molar-refractivity contribution < 1.29 is 19.4 Å². The van der Waals surface area contributed by atoms with Crippen molar-refractivity contribution in [2.24, 2.45) is 0 Å². The van der Waals surface area contributed by atoms with Gasteiger partial charge < -0.3 is 20.5 Å². The van der Waals surface area contributed by atoms with Crippen LogP contribution in [0, 0.1) is 0 Å². The molecule has 0 aliphatic carbocycles. The van der Waals surface area contributed by atoms with Gasteiger partial charge in [0.25, 0.3) is 5.91 Å². The first kappa shape index (κ1) is 19.5. The Bertz CT molecular complexity index is 719. The van der Waals surface area contributed by atoms with E-state index in [-0.39, 0.29) is 12.5 Å². The number of aliphatic hydroxyl groups excluding tert-OH is 1. The summed E-state index contributed by atoms with van der Waals surface area (Å²) in [6.45, 7) is 2.28. The first-order chi connectivity index (χ1) is 12.6. The van der Waals surface area contributed by atoms with E-state index in [0.29, 0.717) is 30.8 Å². The Balaban J connectivity index is 1.85. The Morgan fingerprint density at radius 2 is 1.73 bits per heavy atom. The number of esters is 1. The maximum atomic E-state index is 12.3. The molecule has 0 spiro atoms. The minimum atomic E-state index is -0.899. The molecule has 2 aromatic carbocycles. The second-order valence-electron chi connectivity index (χ2n) is 5.77. The lowest BCUT2D eigenvalue weighted by molar-refractivity contribution is -0.129. The van der Waals surface area contributed by atoms with Gasteiger partial charge in [-0.2, -0.15) is 0 Å². The zero-order chi connectivity index (χ0) is 18.8. The number of aliphatic hydroxyl groups is 1. The molecule has 0 aliphatic heterocycles. The highest BCUT2D eigenvalue weighted by Gasteiger charge is 2.20. The third-order valence-corrected chi connectivity index (χ3v) is 3.78. The summed E-state index contributed by atoms with van der Waals surface area (Å²) in [7, 11) is 0. The van der Waals surface area contributed by atoms with Crippen LogP contribution in [0.15, 0.2) is 54.6 Å². The second kappa shape index (κ2) is 10.2. The quantitative estimate of drug-likeness (QED) is 0.598. The molecule has 0 aliphatic rings. The number of carbonyl (C=O) groups is 2. The number of amides is 1. The molecule has 2 aromatic rings. The van der Waals surface area contributed by atoms with E-state index in [0.717, 1.165) is 5.56 Å². The fourth-order valence-electron chi connectivity index (χ4n) is 2.40. The van der Waals surface area contributed by atoms with Crippen molar-refractivity contribution >= 4 is 17.6 Å². The molecule has 0 fully saturated rings. The fourth-order valence-corrected chi connectivity index (χ4v) is 2.40. The Kier molecular flexibility index (Phi) is 7.64. The van der Waals surface area contributed by atoms with Gasteiger partial charge >= 0.3 is 5.97 Å². The molecule has 26 heavy (non-hydrogen) atoms. The number of hydrogen-bond donors (Lipinski definition) is 3. The molecule has 6 nitrogen and oxygen atoms in total. The zero-order valence-corrected chi connectivity index (χ0v) is 14.8. The third kappa shape index (κ3) is 5.89. The molecule has 138 valence electrons. The van der Waals surface area contributed by atoms with E-state index in [4.69, 9.17) is 9.84 Å². The standard InChI is InChI=1S/C20H24N2O4/c1-15(19(24)22-12-11-16-7-3-2-4-8-16)26-20(25)17-9-5-6-10-18(17)21-13-14-23/h2-10,15,21,23H,11-14H2,1H3,(H,22,24)/t15-/m0/s1. The Labute approximate surface area is 153 Å². The predicted molar refractivity (Wildman–Crippen MR) is 100 cm³/mol. The molecule has 6 heteroatoms. The fraction of sp³-hybridized carbons (Fsp3) is 0.300. The van der Waals surface area contributed by atoms with Crippen molar-refractivity contribution in [2.45, 2.75) is 19.4 Å². The van der Waals surface area contributed by atoms with E-state index in [9.17, 15) is 9.59 Å². The lowest BCUT2D eigenvalue weighted by Crippen LogP contribution is -2.37. The highest BCUT2D eigenvalue weighted by Crippen LogP contribution is 2.16. The van der Waals surface area contributed by atoms with Crippen LogP contribution in [0.25, 0.3) is 0 Å². The second-order valence-corrected chi connectivity index (χ2v) is 5.77. The van der Waals surface area contributed by atoms with Crippen LogP contribution < -0.4 is 10.6 Å². The smallest absolute Gasteiger partial charge is 0.341 e. The molecular weight excluding hydrogens is 332 g/mol. The van der Waals surface area contributed by atoms with Gasteiger partial charge in [0.2, 0.25) is 0 Å².